The first-order valence-corrected chi connectivity index (χ1v) is 8.34. The van der Waals surface area contributed by atoms with Crippen molar-refractivity contribution in [3.8, 4) is 5.75 Å². The van der Waals surface area contributed by atoms with Gasteiger partial charge in [0.2, 0.25) is 5.91 Å². The summed E-state index contributed by atoms with van der Waals surface area (Å²) in [6, 6.07) is 5.48. The van der Waals surface area contributed by atoms with Crippen molar-refractivity contribution in [2.75, 3.05) is 31.1 Å². The van der Waals surface area contributed by atoms with E-state index in [4.69, 9.17) is 4.74 Å². The van der Waals surface area contributed by atoms with Crippen molar-refractivity contribution < 1.29 is 14.3 Å². The lowest BCUT2D eigenvalue weighted by molar-refractivity contribution is -0.133. The van der Waals surface area contributed by atoms with Crippen LogP contribution in [-0.2, 0) is 9.59 Å². The van der Waals surface area contributed by atoms with E-state index in [1.54, 1.807) is 0 Å². The summed E-state index contributed by atoms with van der Waals surface area (Å²) in [5.41, 5.74) is 0.665. The summed E-state index contributed by atoms with van der Waals surface area (Å²) in [7, 11) is 0. The molecule has 0 atom stereocenters. The minimum Gasteiger partial charge on any atom is -0.482 e. The molecule has 1 fully saturated rings. The number of rotatable bonds is 2. The van der Waals surface area contributed by atoms with Crippen LogP contribution in [0.15, 0.2) is 22.7 Å². The van der Waals surface area contributed by atoms with E-state index in [0.29, 0.717) is 17.4 Å². The second-order valence-corrected chi connectivity index (χ2v) is 6.86. The fourth-order valence-corrected chi connectivity index (χ4v) is 3.18. The average molecular weight is 367 g/mol. The zero-order chi connectivity index (χ0) is 15.7. The Bertz CT molecular complexity index is 597. The van der Waals surface area contributed by atoms with Crippen molar-refractivity contribution in [2.24, 2.45) is 5.92 Å². The SMILES string of the molecule is CC1CCN(C(=O)CN2C(=O)COc3cc(Br)ccc32)CC1. The van der Waals surface area contributed by atoms with Crippen LogP contribution in [0.3, 0.4) is 0 Å². The number of carbonyl (C=O) groups is 2. The number of hydrogen-bond donors (Lipinski definition) is 0. The number of amides is 2. The number of fused-ring (bicyclic) bond motifs is 1. The minimum atomic E-state index is -0.173. The van der Waals surface area contributed by atoms with Crippen molar-refractivity contribution >= 4 is 33.4 Å². The van der Waals surface area contributed by atoms with Crippen LogP contribution in [0.5, 0.6) is 5.75 Å². The lowest BCUT2D eigenvalue weighted by Crippen LogP contribution is -2.48. The Labute approximate surface area is 138 Å². The van der Waals surface area contributed by atoms with Gasteiger partial charge in [0.15, 0.2) is 6.61 Å². The van der Waals surface area contributed by atoms with Gasteiger partial charge in [0.25, 0.3) is 5.91 Å². The third-order valence-corrected chi connectivity index (χ3v) is 4.79. The summed E-state index contributed by atoms with van der Waals surface area (Å²) < 4.78 is 6.33. The third kappa shape index (κ3) is 3.11. The first-order valence-electron chi connectivity index (χ1n) is 7.55. The van der Waals surface area contributed by atoms with Crippen molar-refractivity contribution in [1.82, 2.24) is 4.90 Å². The molecule has 2 heterocycles. The molecule has 3 rings (SSSR count). The zero-order valence-electron chi connectivity index (χ0n) is 12.5. The van der Waals surface area contributed by atoms with Crippen LogP contribution in [0, 0.1) is 5.92 Å². The van der Waals surface area contributed by atoms with Crippen molar-refractivity contribution in [1.29, 1.82) is 0 Å². The van der Waals surface area contributed by atoms with Crippen molar-refractivity contribution in [2.45, 2.75) is 19.8 Å². The number of piperidine rings is 1. The van der Waals surface area contributed by atoms with E-state index in [0.717, 1.165) is 30.4 Å². The third-order valence-electron chi connectivity index (χ3n) is 4.29. The molecular weight excluding hydrogens is 348 g/mol. The van der Waals surface area contributed by atoms with Gasteiger partial charge in [0.1, 0.15) is 12.3 Å². The molecule has 118 valence electrons. The molecule has 2 aliphatic rings. The highest BCUT2D eigenvalue weighted by molar-refractivity contribution is 9.10. The summed E-state index contributed by atoms with van der Waals surface area (Å²) in [5, 5.41) is 0. The van der Waals surface area contributed by atoms with E-state index in [-0.39, 0.29) is 25.0 Å². The predicted molar refractivity (Wildman–Crippen MR) is 87.0 cm³/mol. The molecule has 1 aromatic rings. The molecule has 0 aromatic heterocycles. The molecule has 5 nitrogen and oxygen atoms in total. The molecule has 1 aromatic carbocycles. The van der Waals surface area contributed by atoms with E-state index in [1.165, 1.54) is 4.90 Å². The topological polar surface area (TPSA) is 49.9 Å². The molecule has 22 heavy (non-hydrogen) atoms. The Morgan fingerprint density at radius 3 is 2.82 bits per heavy atom. The lowest BCUT2D eigenvalue weighted by Gasteiger charge is -2.34. The monoisotopic (exact) mass is 366 g/mol. The van der Waals surface area contributed by atoms with Crippen LogP contribution in [0.25, 0.3) is 0 Å². The molecule has 2 amide bonds. The van der Waals surface area contributed by atoms with Gasteiger partial charge in [-0.3, -0.25) is 14.5 Å². The van der Waals surface area contributed by atoms with E-state index < -0.39 is 0 Å². The smallest absolute Gasteiger partial charge is 0.265 e. The van der Waals surface area contributed by atoms with E-state index in [1.807, 2.05) is 23.1 Å². The van der Waals surface area contributed by atoms with Gasteiger partial charge in [-0.05, 0) is 37.0 Å². The number of hydrogen-bond acceptors (Lipinski definition) is 3. The van der Waals surface area contributed by atoms with Gasteiger partial charge < -0.3 is 9.64 Å². The largest absolute Gasteiger partial charge is 0.482 e. The summed E-state index contributed by atoms with van der Waals surface area (Å²) in [6.45, 7) is 3.85. The van der Waals surface area contributed by atoms with Gasteiger partial charge in [-0.2, -0.15) is 0 Å². The molecule has 0 aliphatic carbocycles. The van der Waals surface area contributed by atoms with Crippen molar-refractivity contribution in [3.63, 3.8) is 0 Å². The molecule has 0 N–H and O–H groups in total. The number of benzene rings is 1. The van der Waals surface area contributed by atoms with Gasteiger partial charge in [-0.15, -0.1) is 0 Å². The Morgan fingerprint density at radius 2 is 2.09 bits per heavy atom. The van der Waals surface area contributed by atoms with Crippen LogP contribution >= 0.6 is 15.9 Å². The molecule has 2 aliphatic heterocycles. The highest BCUT2D eigenvalue weighted by Gasteiger charge is 2.29. The molecule has 0 unspecified atom stereocenters. The summed E-state index contributed by atoms with van der Waals surface area (Å²) in [4.78, 5) is 28.0. The van der Waals surface area contributed by atoms with Crippen LogP contribution < -0.4 is 9.64 Å². The van der Waals surface area contributed by atoms with E-state index in [9.17, 15) is 9.59 Å². The highest BCUT2D eigenvalue weighted by Crippen LogP contribution is 2.34. The number of ether oxygens (including phenoxy) is 1. The highest BCUT2D eigenvalue weighted by atomic mass is 79.9. The second kappa shape index (κ2) is 6.28. The van der Waals surface area contributed by atoms with E-state index in [2.05, 4.69) is 22.9 Å². The molecule has 0 bridgehead atoms. The summed E-state index contributed by atoms with van der Waals surface area (Å²) >= 11 is 3.39. The molecule has 1 saturated heterocycles. The minimum absolute atomic E-state index is 0.0102. The summed E-state index contributed by atoms with van der Waals surface area (Å²) in [6.07, 6.45) is 2.07. The fourth-order valence-electron chi connectivity index (χ4n) is 2.84. The van der Waals surface area contributed by atoms with Crippen LogP contribution in [0.2, 0.25) is 0 Å². The Hall–Kier alpha value is -1.56. The molecule has 0 spiro atoms. The van der Waals surface area contributed by atoms with Gasteiger partial charge in [-0.1, -0.05) is 22.9 Å². The molecule has 0 saturated carbocycles. The first-order chi connectivity index (χ1) is 10.5. The predicted octanol–water partition coefficient (Wildman–Crippen LogP) is 2.43. The maximum absolute atomic E-state index is 12.5. The van der Waals surface area contributed by atoms with Crippen molar-refractivity contribution in [3.05, 3.63) is 22.7 Å². The Morgan fingerprint density at radius 1 is 1.36 bits per heavy atom. The number of likely N-dealkylation sites (tertiary alicyclic amines) is 1. The standard InChI is InChI=1S/C16H19BrN2O3/c1-11-4-6-18(7-5-11)15(20)9-19-13-3-2-12(17)8-14(13)22-10-16(19)21/h2-3,8,11H,4-7,9-10H2,1H3. The molecule has 6 heteroatoms. The van der Waals surface area contributed by atoms with Crippen LogP contribution in [0.4, 0.5) is 5.69 Å². The van der Waals surface area contributed by atoms with E-state index >= 15 is 0 Å². The summed E-state index contributed by atoms with van der Waals surface area (Å²) in [5.74, 6) is 1.14. The number of carbonyl (C=O) groups excluding carboxylic acids is 2. The number of anilines is 1. The second-order valence-electron chi connectivity index (χ2n) is 5.94. The Balaban J connectivity index is 1.74. The fraction of sp³-hybridized carbons (Fsp3) is 0.500. The maximum Gasteiger partial charge on any atom is 0.265 e. The first kappa shape index (κ1) is 15.3. The number of nitrogens with zero attached hydrogens (tertiary/aromatic N) is 2. The zero-order valence-corrected chi connectivity index (χ0v) is 14.1. The lowest BCUT2D eigenvalue weighted by atomic mass is 9.99. The Kier molecular flexibility index (Phi) is 4.38. The molecular formula is C16H19BrN2O3. The average Bonchev–Trinajstić information content (AvgIpc) is 2.50. The van der Waals surface area contributed by atoms with Gasteiger partial charge in [0, 0.05) is 17.6 Å². The number of halogens is 1. The quantitative estimate of drug-likeness (QED) is 0.807. The molecule has 0 radical (unpaired) electrons. The van der Waals surface area contributed by atoms with Gasteiger partial charge in [0.05, 0.1) is 5.69 Å². The van der Waals surface area contributed by atoms with Gasteiger partial charge >= 0.3 is 0 Å². The van der Waals surface area contributed by atoms with Crippen LogP contribution in [-0.4, -0.2) is 43.0 Å². The van der Waals surface area contributed by atoms with Gasteiger partial charge in [-0.25, -0.2) is 0 Å². The van der Waals surface area contributed by atoms with Crippen LogP contribution in [0.1, 0.15) is 19.8 Å². The maximum atomic E-state index is 12.5. The normalized spacial score (nSPS) is 18.9.